The fraction of sp³-hybridized carbons (Fsp3) is 0.684. The average molecular weight is 487 g/mol. The van der Waals surface area contributed by atoms with Crippen molar-refractivity contribution in [1.82, 2.24) is 25.0 Å². The number of pyridine rings is 1. The lowest BCUT2D eigenvalue weighted by Crippen LogP contribution is -2.54. The van der Waals surface area contributed by atoms with Gasteiger partial charge in [0.25, 0.3) is 0 Å². The second-order valence-corrected chi connectivity index (χ2v) is 7.25. The topological polar surface area (TPSA) is 50.2 Å². The van der Waals surface area contributed by atoms with Gasteiger partial charge in [0.2, 0.25) is 0 Å². The van der Waals surface area contributed by atoms with Crippen molar-refractivity contribution in [3.63, 3.8) is 0 Å². The molecule has 7 nitrogen and oxygen atoms in total. The van der Waals surface area contributed by atoms with E-state index in [1.807, 2.05) is 12.3 Å². The van der Waals surface area contributed by atoms with Crippen molar-refractivity contribution >= 4 is 35.8 Å². The van der Waals surface area contributed by atoms with Crippen LogP contribution in [-0.2, 0) is 0 Å². The summed E-state index contributed by atoms with van der Waals surface area (Å²) < 4.78 is 0. The number of hydrogen-bond donors (Lipinski definition) is 1. The Morgan fingerprint density at radius 1 is 1.15 bits per heavy atom. The number of nitrogens with zero attached hydrogens (tertiary/aromatic N) is 6. The molecule has 1 unspecified atom stereocenters. The van der Waals surface area contributed by atoms with Crippen LogP contribution in [0.2, 0.25) is 0 Å². The summed E-state index contributed by atoms with van der Waals surface area (Å²) in [6.45, 7) is 11.2. The number of piperazine rings is 2. The van der Waals surface area contributed by atoms with Crippen LogP contribution in [0.5, 0.6) is 0 Å². The van der Waals surface area contributed by atoms with Crippen LogP contribution in [0.4, 0.5) is 5.82 Å². The van der Waals surface area contributed by atoms with Crippen LogP contribution in [0, 0.1) is 0 Å². The summed E-state index contributed by atoms with van der Waals surface area (Å²) in [5.41, 5.74) is 0. The molecular formula is C19H34IN7. The van der Waals surface area contributed by atoms with Crippen molar-refractivity contribution < 1.29 is 0 Å². The molecule has 0 bridgehead atoms. The highest BCUT2D eigenvalue weighted by atomic mass is 127. The van der Waals surface area contributed by atoms with E-state index in [4.69, 9.17) is 4.99 Å². The van der Waals surface area contributed by atoms with E-state index in [0.29, 0.717) is 6.04 Å². The Labute approximate surface area is 180 Å². The number of anilines is 1. The first-order chi connectivity index (χ1) is 12.7. The molecule has 0 aliphatic carbocycles. The minimum absolute atomic E-state index is 0. The first-order valence-corrected chi connectivity index (χ1v) is 9.75. The molecule has 152 valence electrons. The first-order valence-electron chi connectivity index (χ1n) is 9.75. The monoisotopic (exact) mass is 487 g/mol. The number of hydrogen-bond acceptors (Lipinski definition) is 5. The Morgan fingerprint density at radius 3 is 2.59 bits per heavy atom. The zero-order valence-corrected chi connectivity index (χ0v) is 19.2. The minimum Gasteiger partial charge on any atom is -0.357 e. The fourth-order valence-corrected chi connectivity index (χ4v) is 3.60. The van der Waals surface area contributed by atoms with E-state index >= 15 is 0 Å². The maximum atomic E-state index is 4.97. The number of aromatic nitrogens is 1. The second kappa shape index (κ2) is 11.0. The van der Waals surface area contributed by atoms with Crippen LogP contribution in [0.3, 0.4) is 0 Å². The van der Waals surface area contributed by atoms with Gasteiger partial charge in [-0.2, -0.15) is 0 Å². The minimum atomic E-state index is 0. The molecule has 1 aromatic rings. The van der Waals surface area contributed by atoms with E-state index in [0.717, 1.165) is 70.7 Å². The summed E-state index contributed by atoms with van der Waals surface area (Å²) in [5, 5.41) is 3.48. The quantitative estimate of drug-likeness (QED) is 0.389. The molecular weight excluding hydrogens is 453 g/mol. The van der Waals surface area contributed by atoms with Crippen LogP contribution in [0.15, 0.2) is 29.4 Å². The molecule has 2 aliphatic rings. The molecule has 3 rings (SSSR count). The lowest BCUT2D eigenvalue weighted by atomic mass is 10.2. The normalized spacial score (nSPS) is 22.5. The van der Waals surface area contributed by atoms with Crippen LogP contribution < -0.4 is 10.2 Å². The highest BCUT2D eigenvalue weighted by molar-refractivity contribution is 14.0. The third-order valence-corrected chi connectivity index (χ3v) is 5.32. The Kier molecular flexibility index (Phi) is 9.04. The van der Waals surface area contributed by atoms with Gasteiger partial charge in [-0.3, -0.25) is 9.89 Å². The maximum Gasteiger partial charge on any atom is 0.194 e. The molecule has 2 fully saturated rings. The SMILES string of the molecule is CCNC(=NCC1CN(C)CCN1C)N1CCN(c2ccccn2)CC1.I. The van der Waals surface area contributed by atoms with E-state index in [1.54, 1.807) is 0 Å². The molecule has 1 N–H and O–H groups in total. The molecule has 0 amide bonds. The number of aliphatic imine (C=N–C) groups is 1. The number of rotatable bonds is 4. The van der Waals surface area contributed by atoms with Gasteiger partial charge in [-0.25, -0.2) is 4.98 Å². The van der Waals surface area contributed by atoms with Gasteiger partial charge in [0.05, 0.1) is 6.54 Å². The highest BCUT2D eigenvalue weighted by Gasteiger charge is 2.24. The zero-order chi connectivity index (χ0) is 18.4. The number of halogens is 1. The molecule has 27 heavy (non-hydrogen) atoms. The standard InChI is InChI=1S/C19H33N7.HI/c1-4-20-19(22-15-17-16-23(2)9-10-24(17)3)26-13-11-25(12-14-26)18-7-5-6-8-21-18;/h5-8,17H,4,9-16H2,1-3H3,(H,20,22);1H. The lowest BCUT2D eigenvalue weighted by Gasteiger charge is -2.38. The van der Waals surface area contributed by atoms with Gasteiger partial charge in [-0.15, -0.1) is 24.0 Å². The summed E-state index contributed by atoms with van der Waals surface area (Å²) in [6, 6.07) is 6.61. The Morgan fingerprint density at radius 2 is 1.93 bits per heavy atom. The molecule has 0 spiro atoms. The van der Waals surface area contributed by atoms with Crippen LogP contribution in [0.1, 0.15) is 6.92 Å². The molecule has 1 aromatic heterocycles. The number of likely N-dealkylation sites (N-methyl/N-ethyl adjacent to an activating group) is 2. The first kappa shape index (κ1) is 22.2. The van der Waals surface area contributed by atoms with Crippen LogP contribution >= 0.6 is 24.0 Å². The van der Waals surface area contributed by atoms with Gasteiger partial charge in [0.1, 0.15) is 5.82 Å². The Balaban J connectivity index is 0.00000261. The number of guanidine groups is 1. The van der Waals surface area contributed by atoms with E-state index < -0.39 is 0 Å². The average Bonchev–Trinajstić information content (AvgIpc) is 2.68. The van der Waals surface area contributed by atoms with E-state index in [2.05, 4.69) is 63.1 Å². The van der Waals surface area contributed by atoms with Gasteiger partial charge >= 0.3 is 0 Å². The third kappa shape index (κ3) is 6.18. The van der Waals surface area contributed by atoms with Crippen LogP contribution in [-0.4, -0.2) is 105 Å². The predicted octanol–water partition coefficient (Wildman–Crippen LogP) is 1.03. The molecule has 0 saturated carbocycles. The van der Waals surface area contributed by atoms with Gasteiger partial charge in [-0.05, 0) is 33.2 Å². The second-order valence-electron chi connectivity index (χ2n) is 7.25. The van der Waals surface area contributed by atoms with Gasteiger partial charge in [0, 0.05) is 64.6 Å². The molecule has 3 heterocycles. The molecule has 2 aliphatic heterocycles. The van der Waals surface area contributed by atoms with Crippen molar-refractivity contribution in [3.05, 3.63) is 24.4 Å². The van der Waals surface area contributed by atoms with Crippen LogP contribution in [0.25, 0.3) is 0 Å². The van der Waals surface area contributed by atoms with Crippen molar-refractivity contribution in [1.29, 1.82) is 0 Å². The maximum absolute atomic E-state index is 4.97. The summed E-state index contributed by atoms with van der Waals surface area (Å²) in [5.74, 6) is 2.12. The smallest absolute Gasteiger partial charge is 0.194 e. The van der Waals surface area contributed by atoms with E-state index in [1.165, 1.54) is 0 Å². The van der Waals surface area contributed by atoms with Gasteiger partial charge in [-0.1, -0.05) is 6.07 Å². The highest BCUT2D eigenvalue weighted by Crippen LogP contribution is 2.13. The fourth-order valence-electron chi connectivity index (χ4n) is 3.60. The summed E-state index contributed by atoms with van der Waals surface area (Å²) in [4.78, 5) is 19.0. The molecule has 1 atom stereocenters. The van der Waals surface area contributed by atoms with Crippen molar-refractivity contribution in [2.24, 2.45) is 4.99 Å². The number of nitrogens with one attached hydrogen (secondary N) is 1. The molecule has 2 saturated heterocycles. The lowest BCUT2D eigenvalue weighted by molar-refractivity contribution is 0.119. The molecule has 8 heteroatoms. The molecule has 0 radical (unpaired) electrons. The Hall–Kier alpha value is -1.13. The summed E-state index contributed by atoms with van der Waals surface area (Å²) in [6.07, 6.45) is 1.87. The van der Waals surface area contributed by atoms with Gasteiger partial charge in [0.15, 0.2) is 5.96 Å². The summed E-state index contributed by atoms with van der Waals surface area (Å²) in [7, 11) is 4.41. The van der Waals surface area contributed by atoms with Crippen molar-refractivity contribution in [2.45, 2.75) is 13.0 Å². The predicted molar refractivity (Wildman–Crippen MR) is 123 cm³/mol. The Bertz CT molecular complexity index is 575. The third-order valence-electron chi connectivity index (χ3n) is 5.32. The summed E-state index contributed by atoms with van der Waals surface area (Å²) >= 11 is 0. The van der Waals surface area contributed by atoms with Crippen molar-refractivity contribution in [3.8, 4) is 0 Å². The largest absolute Gasteiger partial charge is 0.357 e. The van der Waals surface area contributed by atoms with Crippen molar-refractivity contribution in [2.75, 3.05) is 77.9 Å². The zero-order valence-electron chi connectivity index (χ0n) is 16.8. The molecule has 0 aromatic carbocycles. The van der Waals surface area contributed by atoms with E-state index in [-0.39, 0.29) is 24.0 Å². The van der Waals surface area contributed by atoms with E-state index in [9.17, 15) is 0 Å². The van der Waals surface area contributed by atoms with Gasteiger partial charge < -0.3 is 20.0 Å².